The van der Waals surface area contributed by atoms with E-state index in [1.165, 1.54) is 0 Å². The fourth-order valence-corrected chi connectivity index (χ4v) is 2.35. The van der Waals surface area contributed by atoms with E-state index in [0.29, 0.717) is 13.1 Å². The molecular weight excluding hydrogens is 298 g/mol. The van der Waals surface area contributed by atoms with Crippen LogP contribution >= 0.6 is 0 Å². The first-order valence-corrected chi connectivity index (χ1v) is 7.83. The third-order valence-electron chi connectivity index (χ3n) is 3.47. The van der Waals surface area contributed by atoms with Crippen molar-refractivity contribution < 1.29 is 18.7 Å². The number of alkyl carbamates (subject to hydrolysis) is 1. The largest absolute Gasteiger partial charge is 0.468 e. The van der Waals surface area contributed by atoms with Gasteiger partial charge in [-0.05, 0) is 32.9 Å². The van der Waals surface area contributed by atoms with E-state index in [1.807, 2.05) is 12.1 Å². The molecule has 2 rings (SSSR count). The van der Waals surface area contributed by atoms with Gasteiger partial charge in [-0.1, -0.05) is 0 Å². The van der Waals surface area contributed by atoms with Gasteiger partial charge in [0, 0.05) is 26.2 Å². The number of carbonyl (C=O) groups excluding carboxylic acids is 2. The lowest BCUT2D eigenvalue weighted by Crippen LogP contribution is -2.51. The zero-order valence-corrected chi connectivity index (χ0v) is 14.0. The average molecular weight is 323 g/mol. The number of nitrogens with one attached hydrogen (secondary N) is 1. The molecule has 1 N–H and O–H groups in total. The number of hydrogen-bond donors (Lipinski definition) is 1. The van der Waals surface area contributed by atoms with Gasteiger partial charge in [-0.3, -0.25) is 9.69 Å². The highest BCUT2D eigenvalue weighted by Crippen LogP contribution is 2.09. The van der Waals surface area contributed by atoms with Gasteiger partial charge in [0.1, 0.15) is 17.9 Å². The lowest BCUT2D eigenvalue weighted by molar-refractivity contribution is -0.132. The molecule has 7 nitrogen and oxygen atoms in total. The van der Waals surface area contributed by atoms with Crippen LogP contribution in [0.1, 0.15) is 26.5 Å². The maximum atomic E-state index is 12.1. The predicted octanol–water partition coefficient (Wildman–Crippen LogP) is 1.45. The molecule has 1 aliphatic rings. The molecule has 0 bridgehead atoms. The van der Waals surface area contributed by atoms with Crippen molar-refractivity contribution in [2.24, 2.45) is 0 Å². The van der Waals surface area contributed by atoms with Crippen molar-refractivity contribution in [3.63, 3.8) is 0 Å². The first-order valence-electron chi connectivity index (χ1n) is 7.83. The van der Waals surface area contributed by atoms with Crippen LogP contribution < -0.4 is 5.32 Å². The molecule has 1 saturated heterocycles. The minimum absolute atomic E-state index is 0.0346. The van der Waals surface area contributed by atoms with E-state index < -0.39 is 11.7 Å². The summed E-state index contributed by atoms with van der Waals surface area (Å²) in [6, 6.07) is 3.82. The van der Waals surface area contributed by atoms with E-state index in [1.54, 1.807) is 31.9 Å². The number of hydrogen-bond acceptors (Lipinski definition) is 5. The minimum atomic E-state index is -0.567. The summed E-state index contributed by atoms with van der Waals surface area (Å²) in [5.74, 6) is 0.838. The number of furan rings is 1. The number of piperazine rings is 1. The van der Waals surface area contributed by atoms with Gasteiger partial charge in [-0.25, -0.2) is 4.79 Å². The zero-order valence-electron chi connectivity index (χ0n) is 14.0. The Morgan fingerprint density at radius 2 is 1.96 bits per heavy atom. The molecule has 7 heteroatoms. The van der Waals surface area contributed by atoms with Crippen LogP contribution in [0.25, 0.3) is 0 Å². The number of rotatable bonds is 4. The normalized spacial score (nSPS) is 16.2. The summed E-state index contributed by atoms with van der Waals surface area (Å²) in [6.45, 7) is 8.95. The fraction of sp³-hybridized carbons (Fsp3) is 0.625. The van der Waals surface area contributed by atoms with Crippen molar-refractivity contribution in [3.05, 3.63) is 24.2 Å². The van der Waals surface area contributed by atoms with Gasteiger partial charge < -0.3 is 19.4 Å². The summed E-state index contributed by atoms with van der Waals surface area (Å²) < 4.78 is 10.4. The summed E-state index contributed by atoms with van der Waals surface area (Å²) in [5, 5.41) is 2.50. The van der Waals surface area contributed by atoms with Crippen molar-refractivity contribution in [1.82, 2.24) is 15.1 Å². The van der Waals surface area contributed by atoms with E-state index in [9.17, 15) is 9.59 Å². The molecule has 0 saturated carbocycles. The first-order chi connectivity index (χ1) is 10.8. The van der Waals surface area contributed by atoms with Crippen LogP contribution in [0.15, 0.2) is 22.8 Å². The molecule has 0 aromatic carbocycles. The Kier molecular flexibility index (Phi) is 5.65. The summed E-state index contributed by atoms with van der Waals surface area (Å²) in [5.41, 5.74) is -0.565. The Bertz CT molecular complexity index is 514. The maximum absolute atomic E-state index is 12.1. The number of carbonyl (C=O) groups is 2. The topological polar surface area (TPSA) is 75.0 Å². The fourth-order valence-electron chi connectivity index (χ4n) is 2.35. The Labute approximate surface area is 136 Å². The summed E-state index contributed by atoms with van der Waals surface area (Å²) in [6.07, 6.45) is 1.10. The number of nitrogens with zero attached hydrogens (tertiary/aromatic N) is 2. The summed E-state index contributed by atoms with van der Waals surface area (Å²) in [4.78, 5) is 27.7. The van der Waals surface area contributed by atoms with Gasteiger partial charge in [0.15, 0.2) is 0 Å². The highest BCUT2D eigenvalue weighted by atomic mass is 16.6. The highest BCUT2D eigenvalue weighted by Gasteiger charge is 2.23. The lowest BCUT2D eigenvalue weighted by atomic mass is 10.2. The van der Waals surface area contributed by atoms with Crippen LogP contribution in [0.4, 0.5) is 4.79 Å². The molecule has 1 aliphatic heterocycles. The Morgan fingerprint density at radius 1 is 1.26 bits per heavy atom. The molecular formula is C16H25N3O4. The average Bonchev–Trinajstić information content (AvgIpc) is 2.97. The monoisotopic (exact) mass is 323 g/mol. The van der Waals surface area contributed by atoms with Crippen molar-refractivity contribution in [1.29, 1.82) is 0 Å². The predicted molar refractivity (Wildman–Crippen MR) is 84.8 cm³/mol. The standard InChI is InChI=1S/C16H25N3O4/c1-16(2,3)23-15(21)17-11-14(20)19-8-6-18(7-9-19)12-13-5-4-10-22-13/h4-5,10H,6-9,11-12H2,1-3H3,(H,17,21). The number of amides is 2. The highest BCUT2D eigenvalue weighted by molar-refractivity contribution is 5.82. The molecule has 1 aromatic heterocycles. The van der Waals surface area contributed by atoms with Crippen molar-refractivity contribution in [2.75, 3.05) is 32.7 Å². The maximum Gasteiger partial charge on any atom is 0.408 e. The molecule has 0 aliphatic carbocycles. The van der Waals surface area contributed by atoms with Crippen molar-refractivity contribution >= 4 is 12.0 Å². The van der Waals surface area contributed by atoms with Gasteiger partial charge in [0.25, 0.3) is 0 Å². The van der Waals surface area contributed by atoms with Crippen LogP contribution in [0.3, 0.4) is 0 Å². The zero-order chi connectivity index (χ0) is 16.9. The molecule has 0 radical (unpaired) electrons. The van der Waals surface area contributed by atoms with Gasteiger partial charge in [0.05, 0.1) is 12.8 Å². The minimum Gasteiger partial charge on any atom is -0.468 e. The van der Waals surface area contributed by atoms with Crippen LogP contribution in [-0.4, -0.2) is 60.1 Å². The molecule has 2 heterocycles. The van der Waals surface area contributed by atoms with Gasteiger partial charge in [-0.15, -0.1) is 0 Å². The first kappa shape index (κ1) is 17.3. The van der Waals surface area contributed by atoms with Crippen LogP contribution in [-0.2, 0) is 16.1 Å². The van der Waals surface area contributed by atoms with Gasteiger partial charge >= 0.3 is 6.09 Å². The molecule has 128 valence electrons. The van der Waals surface area contributed by atoms with Crippen LogP contribution in [0, 0.1) is 0 Å². The second-order valence-corrected chi connectivity index (χ2v) is 6.59. The number of ether oxygens (including phenoxy) is 1. The van der Waals surface area contributed by atoms with Gasteiger partial charge in [-0.2, -0.15) is 0 Å². The van der Waals surface area contributed by atoms with E-state index in [0.717, 1.165) is 25.4 Å². The molecule has 0 unspecified atom stereocenters. The van der Waals surface area contributed by atoms with Crippen LogP contribution in [0.5, 0.6) is 0 Å². The smallest absolute Gasteiger partial charge is 0.408 e. The van der Waals surface area contributed by atoms with E-state index in [2.05, 4.69) is 10.2 Å². The SMILES string of the molecule is CC(C)(C)OC(=O)NCC(=O)N1CCN(Cc2ccco2)CC1. The molecule has 0 spiro atoms. The molecule has 1 aromatic rings. The van der Waals surface area contributed by atoms with Crippen LogP contribution in [0.2, 0.25) is 0 Å². The summed E-state index contributed by atoms with van der Waals surface area (Å²) in [7, 11) is 0. The molecule has 23 heavy (non-hydrogen) atoms. The quantitative estimate of drug-likeness (QED) is 0.908. The second kappa shape index (κ2) is 7.50. The lowest BCUT2D eigenvalue weighted by Gasteiger charge is -2.34. The van der Waals surface area contributed by atoms with E-state index in [-0.39, 0.29) is 12.5 Å². The third kappa shape index (κ3) is 5.94. The Balaban J connectivity index is 1.68. The van der Waals surface area contributed by atoms with Crippen molar-refractivity contribution in [3.8, 4) is 0 Å². The van der Waals surface area contributed by atoms with E-state index >= 15 is 0 Å². The summed E-state index contributed by atoms with van der Waals surface area (Å²) >= 11 is 0. The molecule has 0 atom stereocenters. The van der Waals surface area contributed by atoms with Gasteiger partial charge in [0.2, 0.25) is 5.91 Å². The molecule has 2 amide bonds. The Morgan fingerprint density at radius 3 is 2.52 bits per heavy atom. The molecule has 1 fully saturated rings. The Hall–Kier alpha value is -2.02. The van der Waals surface area contributed by atoms with Crippen molar-refractivity contribution in [2.45, 2.75) is 32.9 Å². The second-order valence-electron chi connectivity index (χ2n) is 6.59. The van der Waals surface area contributed by atoms with E-state index in [4.69, 9.17) is 9.15 Å². The third-order valence-corrected chi connectivity index (χ3v) is 3.47.